The highest BCUT2D eigenvalue weighted by molar-refractivity contribution is 6.20. The molecule has 0 amide bonds. The Kier molecular flexibility index (Phi) is 3.92. The van der Waals surface area contributed by atoms with E-state index in [2.05, 4.69) is 25.4 Å². The molecule has 0 radical (unpaired) electrons. The predicted molar refractivity (Wildman–Crippen MR) is 75.5 cm³/mol. The lowest BCUT2D eigenvalue weighted by Gasteiger charge is -1.98. The van der Waals surface area contributed by atoms with Crippen LogP contribution in [-0.2, 0) is 6.54 Å². The minimum Gasteiger partial charge on any atom is -0.337 e. The van der Waals surface area contributed by atoms with E-state index in [0.29, 0.717) is 24.0 Å². The first-order chi connectivity index (χ1) is 10.3. The third kappa shape index (κ3) is 3.08. The molecule has 0 spiro atoms. The average Bonchev–Trinajstić information content (AvgIpc) is 3.17. The van der Waals surface area contributed by atoms with Crippen molar-refractivity contribution in [2.45, 2.75) is 25.3 Å². The largest absolute Gasteiger partial charge is 0.337 e. The van der Waals surface area contributed by atoms with Crippen LogP contribution in [-0.4, -0.2) is 30.1 Å². The van der Waals surface area contributed by atoms with E-state index in [4.69, 9.17) is 16.1 Å². The number of rotatable bonds is 5. The van der Waals surface area contributed by atoms with Crippen molar-refractivity contribution in [3.05, 3.63) is 42.2 Å². The predicted octanol–water partition coefficient (Wildman–Crippen LogP) is 2.46. The van der Waals surface area contributed by atoms with Crippen molar-refractivity contribution in [2.75, 3.05) is 0 Å². The molecule has 0 fully saturated rings. The van der Waals surface area contributed by atoms with E-state index in [-0.39, 0.29) is 5.38 Å². The van der Waals surface area contributed by atoms with Crippen LogP contribution in [0, 0.1) is 0 Å². The first-order valence-corrected chi connectivity index (χ1v) is 6.98. The van der Waals surface area contributed by atoms with Crippen LogP contribution in [0.2, 0.25) is 0 Å². The Morgan fingerprint density at radius 3 is 3.05 bits per heavy atom. The van der Waals surface area contributed by atoms with Crippen molar-refractivity contribution >= 4 is 11.6 Å². The first-order valence-electron chi connectivity index (χ1n) is 6.54. The van der Waals surface area contributed by atoms with Crippen molar-refractivity contribution in [1.29, 1.82) is 0 Å². The van der Waals surface area contributed by atoms with Crippen molar-refractivity contribution < 1.29 is 4.52 Å². The summed E-state index contributed by atoms with van der Waals surface area (Å²) in [6, 6.07) is 5.52. The SMILES string of the molecule is CCC(Cl)c1cn(Cc2nc(-c3ccccn3)no2)nn1. The maximum atomic E-state index is 6.12. The number of hydrogen-bond acceptors (Lipinski definition) is 6. The van der Waals surface area contributed by atoms with Crippen LogP contribution in [0.3, 0.4) is 0 Å². The van der Waals surface area contributed by atoms with Crippen molar-refractivity contribution in [2.24, 2.45) is 0 Å². The molecule has 0 aliphatic rings. The fourth-order valence-electron chi connectivity index (χ4n) is 1.80. The van der Waals surface area contributed by atoms with Crippen LogP contribution in [0.1, 0.15) is 30.3 Å². The zero-order valence-electron chi connectivity index (χ0n) is 11.3. The van der Waals surface area contributed by atoms with E-state index >= 15 is 0 Å². The minimum absolute atomic E-state index is 0.134. The lowest BCUT2D eigenvalue weighted by Crippen LogP contribution is -2.00. The molecule has 0 saturated heterocycles. The summed E-state index contributed by atoms with van der Waals surface area (Å²) in [6.45, 7) is 2.34. The minimum atomic E-state index is -0.134. The van der Waals surface area contributed by atoms with Crippen LogP contribution in [0.4, 0.5) is 0 Å². The molecule has 0 aliphatic heterocycles. The molecule has 3 heterocycles. The monoisotopic (exact) mass is 304 g/mol. The molecule has 0 aliphatic carbocycles. The molecule has 3 aromatic rings. The molecule has 3 aromatic heterocycles. The second-order valence-corrected chi connectivity index (χ2v) is 4.97. The van der Waals surface area contributed by atoms with Gasteiger partial charge in [-0.2, -0.15) is 4.98 Å². The molecule has 0 N–H and O–H groups in total. The molecular weight excluding hydrogens is 292 g/mol. The van der Waals surface area contributed by atoms with E-state index in [1.54, 1.807) is 17.1 Å². The maximum absolute atomic E-state index is 6.12. The Labute approximate surface area is 126 Å². The Hall–Kier alpha value is -2.28. The highest BCUT2D eigenvalue weighted by atomic mass is 35.5. The number of pyridine rings is 1. The van der Waals surface area contributed by atoms with Crippen LogP contribution >= 0.6 is 11.6 Å². The van der Waals surface area contributed by atoms with Crippen molar-refractivity contribution in [3.63, 3.8) is 0 Å². The van der Waals surface area contributed by atoms with E-state index in [0.717, 1.165) is 12.1 Å². The molecule has 3 rings (SSSR count). The van der Waals surface area contributed by atoms with E-state index in [1.165, 1.54) is 0 Å². The fraction of sp³-hybridized carbons (Fsp3) is 0.308. The summed E-state index contributed by atoms with van der Waals surface area (Å²) in [5, 5.41) is 11.8. The molecule has 0 aromatic carbocycles. The standard InChI is InChI=1S/C13H13ClN6O/c1-2-9(14)11-7-20(19-17-11)8-12-16-13(18-21-12)10-5-3-4-6-15-10/h3-7,9H,2,8H2,1H3. The normalized spacial score (nSPS) is 12.5. The van der Waals surface area contributed by atoms with E-state index in [9.17, 15) is 0 Å². The Balaban J connectivity index is 1.74. The zero-order valence-corrected chi connectivity index (χ0v) is 12.1. The Morgan fingerprint density at radius 2 is 2.29 bits per heavy atom. The molecule has 21 heavy (non-hydrogen) atoms. The fourth-order valence-corrected chi connectivity index (χ4v) is 1.90. The Bertz CT molecular complexity index is 710. The topological polar surface area (TPSA) is 82.5 Å². The van der Waals surface area contributed by atoms with Gasteiger partial charge in [-0.3, -0.25) is 4.98 Å². The van der Waals surface area contributed by atoms with Crippen LogP contribution < -0.4 is 0 Å². The molecule has 7 nitrogen and oxygen atoms in total. The third-order valence-corrected chi connectivity index (χ3v) is 3.43. The number of nitrogens with zero attached hydrogens (tertiary/aromatic N) is 6. The van der Waals surface area contributed by atoms with Crippen molar-refractivity contribution in [1.82, 2.24) is 30.1 Å². The second-order valence-electron chi connectivity index (χ2n) is 4.44. The summed E-state index contributed by atoms with van der Waals surface area (Å²) >= 11 is 6.12. The highest BCUT2D eigenvalue weighted by Gasteiger charge is 2.13. The molecule has 108 valence electrons. The van der Waals surface area contributed by atoms with Gasteiger partial charge >= 0.3 is 0 Å². The van der Waals surface area contributed by atoms with Gasteiger partial charge in [0, 0.05) is 6.20 Å². The molecule has 0 bridgehead atoms. The summed E-state index contributed by atoms with van der Waals surface area (Å²) in [6.07, 6.45) is 4.26. The van der Waals surface area contributed by atoms with Gasteiger partial charge in [-0.1, -0.05) is 23.4 Å². The molecule has 0 saturated carbocycles. The lowest BCUT2D eigenvalue weighted by molar-refractivity contribution is 0.364. The highest BCUT2D eigenvalue weighted by Crippen LogP contribution is 2.21. The van der Waals surface area contributed by atoms with Gasteiger partial charge in [0.15, 0.2) is 0 Å². The number of aromatic nitrogens is 6. The Morgan fingerprint density at radius 1 is 1.38 bits per heavy atom. The number of alkyl halides is 1. The average molecular weight is 305 g/mol. The lowest BCUT2D eigenvalue weighted by atomic mass is 10.3. The van der Waals surface area contributed by atoms with E-state index < -0.39 is 0 Å². The van der Waals surface area contributed by atoms with E-state index in [1.807, 2.05) is 25.1 Å². The number of halogens is 1. The van der Waals surface area contributed by atoms with Gasteiger partial charge in [0.2, 0.25) is 11.7 Å². The summed E-state index contributed by atoms with van der Waals surface area (Å²) in [7, 11) is 0. The summed E-state index contributed by atoms with van der Waals surface area (Å²) < 4.78 is 6.82. The molecular formula is C13H13ClN6O. The van der Waals surface area contributed by atoms with Gasteiger partial charge in [-0.15, -0.1) is 16.7 Å². The summed E-state index contributed by atoms with van der Waals surface area (Å²) in [5.74, 6) is 0.893. The molecule has 8 heteroatoms. The third-order valence-electron chi connectivity index (χ3n) is 2.90. The first kappa shape index (κ1) is 13.7. The molecule has 1 atom stereocenters. The summed E-state index contributed by atoms with van der Waals surface area (Å²) in [4.78, 5) is 8.46. The van der Waals surface area contributed by atoms with Gasteiger partial charge in [0.05, 0.1) is 11.6 Å². The molecule has 1 unspecified atom stereocenters. The van der Waals surface area contributed by atoms with Crippen molar-refractivity contribution in [3.8, 4) is 11.5 Å². The van der Waals surface area contributed by atoms with Crippen LogP contribution in [0.15, 0.2) is 35.1 Å². The maximum Gasteiger partial charge on any atom is 0.248 e. The zero-order chi connectivity index (χ0) is 14.7. The van der Waals surface area contributed by atoms with Gasteiger partial charge in [-0.25, -0.2) is 4.68 Å². The van der Waals surface area contributed by atoms with Gasteiger partial charge in [-0.05, 0) is 18.6 Å². The van der Waals surface area contributed by atoms with Crippen LogP contribution in [0.25, 0.3) is 11.5 Å². The quantitative estimate of drug-likeness (QED) is 0.673. The van der Waals surface area contributed by atoms with Gasteiger partial charge in [0.25, 0.3) is 0 Å². The van der Waals surface area contributed by atoms with Crippen LogP contribution in [0.5, 0.6) is 0 Å². The van der Waals surface area contributed by atoms with Gasteiger partial charge < -0.3 is 4.52 Å². The summed E-state index contributed by atoms with van der Waals surface area (Å²) in [5.41, 5.74) is 1.40. The smallest absolute Gasteiger partial charge is 0.248 e. The number of hydrogen-bond donors (Lipinski definition) is 0. The second kappa shape index (κ2) is 6.01. The van der Waals surface area contributed by atoms with Gasteiger partial charge in [0.1, 0.15) is 17.9 Å².